The van der Waals surface area contributed by atoms with Crippen molar-refractivity contribution in [3.05, 3.63) is 0 Å². The SMILES string of the molecule is COCCCC1CCCC1Br. The van der Waals surface area contributed by atoms with Crippen molar-refractivity contribution in [2.24, 2.45) is 5.92 Å². The molecule has 1 aliphatic carbocycles. The molecule has 0 aromatic rings. The van der Waals surface area contributed by atoms with Crippen molar-refractivity contribution in [2.45, 2.75) is 36.9 Å². The standard InChI is InChI=1S/C9H17BrO/c1-11-7-3-5-8-4-2-6-9(8)10/h8-9H,2-7H2,1H3. The zero-order valence-electron chi connectivity index (χ0n) is 7.18. The Kier molecular flexibility index (Phi) is 4.46. The zero-order valence-corrected chi connectivity index (χ0v) is 8.77. The molecule has 2 atom stereocenters. The highest BCUT2D eigenvalue weighted by atomic mass is 79.9. The summed E-state index contributed by atoms with van der Waals surface area (Å²) < 4.78 is 5.02. The summed E-state index contributed by atoms with van der Waals surface area (Å²) in [5, 5.41) is 0. The van der Waals surface area contributed by atoms with Gasteiger partial charge in [0.05, 0.1) is 0 Å². The molecule has 0 N–H and O–H groups in total. The first-order valence-corrected chi connectivity index (χ1v) is 5.39. The Morgan fingerprint density at radius 3 is 2.82 bits per heavy atom. The lowest BCUT2D eigenvalue weighted by atomic mass is 10.0. The molecule has 0 amide bonds. The van der Waals surface area contributed by atoms with Gasteiger partial charge in [-0.1, -0.05) is 22.4 Å². The van der Waals surface area contributed by atoms with Gasteiger partial charge in [0.25, 0.3) is 0 Å². The first-order chi connectivity index (χ1) is 5.34. The second-order valence-corrected chi connectivity index (χ2v) is 4.52. The molecule has 1 nitrogen and oxygen atoms in total. The summed E-state index contributed by atoms with van der Waals surface area (Å²) in [6, 6.07) is 0. The van der Waals surface area contributed by atoms with Crippen molar-refractivity contribution >= 4 is 15.9 Å². The highest BCUT2D eigenvalue weighted by Crippen LogP contribution is 2.34. The summed E-state index contributed by atoms with van der Waals surface area (Å²) in [6.45, 7) is 0.927. The summed E-state index contributed by atoms with van der Waals surface area (Å²) in [5.41, 5.74) is 0. The van der Waals surface area contributed by atoms with Gasteiger partial charge in [-0.05, 0) is 31.6 Å². The van der Waals surface area contributed by atoms with Crippen LogP contribution in [0.2, 0.25) is 0 Å². The molecule has 1 saturated carbocycles. The minimum absolute atomic E-state index is 0.791. The molecule has 1 rings (SSSR count). The van der Waals surface area contributed by atoms with E-state index in [1.807, 2.05) is 0 Å². The summed E-state index contributed by atoms with van der Waals surface area (Å²) in [5.74, 6) is 0.921. The third-order valence-corrected chi connectivity index (χ3v) is 3.70. The fourth-order valence-electron chi connectivity index (χ4n) is 1.81. The van der Waals surface area contributed by atoms with Gasteiger partial charge in [-0.3, -0.25) is 0 Å². The van der Waals surface area contributed by atoms with Crippen LogP contribution in [0.25, 0.3) is 0 Å². The Morgan fingerprint density at radius 2 is 2.27 bits per heavy atom. The van der Waals surface area contributed by atoms with Gasteiger partial charge in [0.1, 0.15) is 0 Å². The normalized spacial score (nSPS) is 31.1. The molecule has 2 heteroatoms. The number of hydrogen-bond donors (Lipinski definition) is 0. The second kappa shape index (κ2) is 5.15. The van der Waals surface area contributed by atoms with Gasteiger partial charge >= 0.3 is 0 Å². The molecule has 1 fully saturated rings. The molecule has 0 aromatic heterocycles. The van der Waals surface area contributed by atoms with Crippen LogP contribution in [-0.4, -0.2) is 18.5 Å². The van der Waals surface area contributed by atoms with E-state index in [0.717, 1.165) is 17.4 Å². The summed E-state index contributed by atoms with van der Waals surface area (Å²) in [6.07, 6.45) is 6.76. The Bertz CT molecular complexity index is 106. The van der Waals surface area contributed by atoms with Gasteiger partial charge in [0.15, 0.2) is 0 Å². The summed E-state index contributed by atoms with van der Waals surface area (Å²) in [4.78, 5) is 0.791. The van der Waals surface area contributed by atoms with Gasteiger partial charge in [-0.25, -0.2) is 0 Å². The maximum absolute atomic E-state index is 5.02. The van der Waals surface area contributed by atoms with E-state index in [2.05, 4.69) is 15.9 Å². The average Bonchev–Trinajstić information content (AvgIpc) is 2.37. The molecule has 2 unspecified atom stereocenters. The number of alkyl halides is 1. The number of hydrogen-bond acceptors (Lipinski definition) is 1. The van der Waals surface area contributed by atoms with E-state index in [-0.39, 0.29) is 0 Å². The molecule has 0 aromatic carbocycles. The lowest BCUT2D eigenvalue weighted by Crippen LogP contribution is -2.07. The molecule has 0 bridgehead atoms. The van der Waals surface area contributed by atoms with Gasteiger partial charge in [0, 0.05) is 18.5 Å². The van der Waals surface area contributed by atoms with Crippen LogP contribution in [0.4, 0.5) is 0 Å². The first-order valence-electron chi connectivity index (χ1n) is 4.47. The van der Waals surface area contributed by atoms with Crippen molar-refractivity contribution in [1.29, 1.82) is 0 Å². The molecular formula is C9H17BrO. The van der Waals surface area contributed by atoms with E-state index in [1.165, 1.54) is 32.1 Å². The Balaban J connectivity index is 2.05. The molecule has 0 radical (unpaired) electrons. The van der Waals surface area contributed by atoms with Crippen molar-refractivity contribution < 1.29 is 4.74 Å². The van der Waals surface area contributed by atoms with Crippen molar-refractivity contribution in [2.75, 3.05) is 13.7 Å². The quantitative estimate of drug-likeness (QED) is 0.523. The van der Waals surface area contributed by atoms with E-state index in [4.69, 9.17) is 4.74 Å². The van der Waals surface area contributed by atoms with Gasteiger partial charge in [-0.2, -0.15) is 0 Å². The topological polar surface area (TPSA) is 9.23 Å². The molecule has 11 heavy (non-hydrogen) atoms. The fourth-order valence-corrected chi connectivity index (χ4v) is 2.66. The van der Waals surface area contributed by atoms with Gasteiger partial charge in [-0.15, -0.1) is 0 Å². The monoisotopic (exact) mass is 220 g/mol. The minimum Gasteiger partial charge on any atom is -0.385 e. The molecule has 0 aliphatic heterocycles. The zero-order chi connectivity index (χ0) is 8.10. The van der Waals surface area contributed by atoms with Crippen LogP contribution in [0.1, 0.15) is 32.1 Å². The van der Waals surface area contributed by atoms with Crippen LogP contribution in [0.5, 0.6) is 0 Å². The van der Waals surface area contributed by atoms with Gasteiger partial charge in [0.2, 0.25) is 0 Å². The lowest BCUT2D eigenvalue weighted by molar-refractivity contribution is 0.187. The van der Waals surface area contributed by atoms with E-state index in [0.29, 0.717) is 0 Å². The Hall–Kier alpha value is 0.440. The maximum Gasteiger partial charge on any atom is 0.0462 e. The molecule has 66 valence electrons. The van der Waals surface area contributed by atoms with Crippen molar-refractivity contribution in [1.82, 2.24) is 0 Å². The maximum atomic E-state index is 5.02. The van der Waals surface area contributed by atoms with Crippen molar-refractivity contribution in [3.8, 4) is 0 Å². The average molecular weight is 221 g/mol. The largest absolute Gasteiger partial charge is 0.385 e. The predicted octanol–water partition coefficient (Wildman–Crippen LogP) is 2.98. The molecular weight excluding hydrogens is 204 g/mol. The van der Waals surface area contributed by atoms with Crippen LogP contribution in [0, 0.1) is 5.92 Å². The van der Waals surface area contributed by atoms with E-state index in [1.54, 1.807) is 7.11 Å². The third kappa shape index (κ3) is 3.12. The molecule has 0 saturated heterocycles. The molecule has 0 spiro atoms. The number of halogens is 1. The lowest BCUT2D eigenvalue weighted by Gasteiger charge is -2.12. The Morgan fingerprint density at radius 1 is 1.45 bits per heavy atom. The predicted molar refractivity (Wildman–Crippen MR) is 51.2 cm³/mol. The van der Waals surface area contributed by atoms with Crippen molar-refractivity contribution in [3.63, 3.8) is 0 Å². The van der Waals surface area contributed by atoms with E-state index >= 15 is 0 Å². The second-order valence-electron chi connectivity index (χ2n) is 3.34. The van der Waals surface area contributed by atoms with E-state index in [9.17, 15) is 0 Å². The van der Waals surface area contributed by atoms with Crippen LogP contribution >= 0.6 is 15.9 Å². The highest BCUT2D eigenvalue weighted by Gasteiger charge is 2.23. The van der Waals surface area contributed by atoms with Crippen LogP contribution in [0.15, 0.2) is 0 Å². The highest BCUT2D eigenvalue weighted by molar-refractivity contribution is 9.09. The third-order valence-electron chi connectivity index (χ3n) is 2.49. The number of rotatable bonds is 4. The smallest absolute Gasteiger partial charge is 0.0462 e. The van der Waals surface area contributed by atoms with Crippen LogP contribution in [-0.2, 0) is 4.74 Å². The van der Waals surface area contributed by atoms with Crippen LogP contribution < -0.4 is 0 Å². The first kappa shape index (κ1) is 9.53. The summed E-state index contributed by atoms with van der Waals surface area (Å²) in [7, 11) is 1.78. The number of methoxy groups -OCH3 is 1. The van der Waals surface area contributed by atoms with Crippen LogP contribution in [0.3, 0.4) is 0 Å². The fraction of sp³-hybridized carbons (Fsp3) is 1.00. The van der Waals surface area contributed by atoms with E-state index < -0.39 is 0 Å². The molecule has 0 heterocycles. The number of ether oxygens (including phenoxy) is 1. The molecule has 1 aliphatic rings. The summed E-state index contributed by atoms with van der Waals surface area (Å²) >= 11 is 3.72. The Labute approximate surface area is 77.6 Å². The minimum atomic E-state index is 0.791. The van der Waals surface area contributed by atoms with Gasteiger partial charge < -0.3 is 4.74 Å².